The minimum absolute atomic E-state index is 0.0906. The molecule has 3 heterocycles. The number of rotatable bonds is 1. The second kappa shape index (κ2) is 3.85. The lowest BCUT2D eigenvalue weighted by molar-refractivity contribution is -0.130. The van der Waals surface area contributed by atoms with Crippen molar-refractivity contribution < 1.29 is 14.3 Å². The Morgan fingerprint density at radius 3 is 3.21 bits per heavy atom. The third kappa shape index (κ3) is 1.35. The Kier molecular flexibility index (Phi) is 2.34. The molecule has 0 aromatic rings. The number of carbonyl (C=O) groups excluding carboxylic acids is 1. The number of hydrogen-bond donors (Lipinski definition) is 0. The fourth-order valence-corrected chi connectivity index (χ4v) is 4.41. The van der Waals surface area contributed by atoms with Crippen LogP contribution in [0.1, 0.15) is 32.1 Å². The zero-order valence-electron chi connectivity index (χ0n) is 11.2. The van der Waals surface area contributed by atoms with Gasteiger partial charge < -0.3 is 14.4 Å². The van der Waals surface area contributed by atoms with Crippen molar-refractivity contribution in [2.24, 2.45) is 5.92 Å². The number of ether oxygens (including phenoxy) is 2. The molecule has 0 aromatic carbocycles. The van der Waals surface area contributed by atoms with Crippen LogP contribution in [0.4, 0.5) is 0 Å². The fourth-order valence-electron chi connectivity index (χ4n) is 4.41. The second-order valence-electron chi connectivity index (χ2n) is 5.95. The topological polar surface area (TPSA) is 38.8 Å². The van der Waals surface area contributed by atoms with E-state index < -0.39 is 0 Å². The second-order valence-corrected chi connectivity index (χ2v) is 5.95. The molecule has 0 radical (unpaired) electrons. The van der Waals surface area contributed by atoms with Crippen molar-refractivity contribution in [2.75, 3.05) is 13.7 Å². The van der Waals surface area contributed by atoms with Gasteiger partial charge in [0.15, 0.2) is 0 Å². The number of carbonyl (C=O) groups is 1. The van der Waals surface area contributed by atoms with Gasteiger partial charge in [-0.2, -0.15) is 0 Å². The van der Waals surface area contributed by atoms with Crippen molar-refractivity contribution in [3.05, 3.63) is 23.5 Å². The molecule has 1 spiro atoms. The third-order valence-corrected chi connectivity index (χ3v) is 5.21. The average molecular weight is 261 g/mol. The molecule has 0 bridgehead atoms. The van der Waals surface area contributed by atoms with Gasteiger partial charge in [0.25, 0.3) is 0 Å². The fraction of sp³-hybridized carbons (Fsp3) is 0.667. The van der Waals surface area contributed by atoms with Gasteiger partial charge in [-0.1, -0.05) is 12.8 Å². The van der Waals surface area contributed by atoms with Crippen LogP contribution in [0.25, 0.3) is 0 Å². The van der Waals surface area contributed by atoms with E-state index >= 15 is 0 Å². The first-order valence-electron chi connectivity index (χ1n) is 7.18. The van der Waals surface area contributed by atoms with Crippen LogP contribution in [0, 0.1) is 5.92 Å². The molecule has 0 N–H and O–H groups in total. The molecular formula is C15H19NO3. The van der Waals surface area contributed by atoms with E-state index in [0.29, 0.717) is 24.8 Å². The first-order valence-corrected chi connectivity index (χ1v) is 7.18. The number of nitrogens with zero attached hydrogens (tertiary/aromatic N) is 1. The molecule has 4 rings (SSSR count). The quantitative estimate of drug-likeness (QED) is 0.724. The molecule has 4 nitrogen and oxygen atoms in total. The summed E-state index contributed by atoms with van der Waals surface area (Å²) in [7, 11) is 1.66. The van der Waals surface area contributed by atoms with E-state index in [1.165, 1.54) is 18.4 Å². The summed E-state index contributed by atoms with van der Waals surface area (Å²) in [6.07, 6.45) is 9.21. The standard InChI is InChI=1S/C15H19NO3/c1-18-14-9-11-12(19-14)5-7-16-13(17)8-10-4-2-3-6-15(10,11)16/h5,9-10,14H,2-4,6-8H2,1H3/t10-,14+,15-/m0/s1. The van der Waals surface area contributed by atoms with E-state index in [9.17, 15) is 4.79 Å². The third-order valence-electron chi connectivity index (χ3n) is 5.21. The molecule has 19 heavy (non-hydrogen) atoms. The molecule has 1 aliphatic carbocycles. The maximum Gasteiger partial charge on any atom is 0.223 e. The smallest absolute Gasteiger partial charge is 0.223 e. The number of methoxy groups -OCH3 is 1. The molecule has 1 saturated heterocycles. The highest BCUT2D eigenvalue weighted by Crippen LogP contribution is 2.55. The van der Waals surface area contributed by atoms with Crippen LogP contribution in [0.15, 0.2) is 23.5 Å². The van der Waals surface area contributed by atoms with Crippen LogP contribution < -0.4 is 0 Å². The Morgan fingerprint density at radius 2 is 2.37 bits per heavy atom. The maximum atomic E-state index is 12.3. The summed E-state index contributed by atoms with van der Waals surface area (Å²) in [6, 6.07) is 0. The Morgan fingerprint density at radius 1 is 1.47 bits per heavy atom. The number of hydrogen-bond acceptors (Lipinski definition) is 3. The SMILES string of the molecule is CO[C@H]1C=C2C(=CCN3C(=O)C[C@@H]4CCCC[C@@]243)O1. The Bertz CT molecular complexity index is 496. The number of amides is 1. The van der Waals surface area contributed by atoms with Gasteiger partial charge >= 0.3 is 0 Å². The molecule has 3 aliphatic heterocycles. The molecular weight excluding hydrogens is 242 g/mol. The van der Waals surface area contributed by atoms with Crippen LogP contribution in [0.2, 0.25) is 0 Å². The molecule has 1 saturated carbocycles. The monoisotopic (exact) mass is 261 g/mol. The van der Waals surface area contributed by atoms with Crippen LogP contribution in [-0.2, 0) is 14.3 Å². The summed E-state index contributed by atoms with van der Waals surface area (Å²) in [5, 5.41) is 0. The van der Waals surface area contributed by atoms with Crippen molar-refractivity contribution >= 4 is 5.91 Å². The molecule has 2 fully saturated rings. The van der Waals surface area contributed by atoms with Crippen molar-refractivity contribution in [1.82, 2.24) is 4.90 Å². The molecule has 3 atom stereocenters. The zero-order chi connectivity index (χ0) is 13.0. The van der Waals surface area contributed by atoms with Crippen molar-refractivity contribution in [3.63, 3.8) is 0 Å². The maximum absolute atomic E-state index is 12.3. The number of fused-ring (bicyclic) bond motifs is 1. The molecule has 4 heteroatoms. The predicted octanol–water partition coefficient (Wildman–Crippen LogP) is 1.97. The Hall–Kier alpha value is -1.29. The summed E-state index contributed by atoms with van der Waals surface area (Å²) in [5.41, 5.74) is 1.12. The van der Waals surface area contributed by atoms with Gasteiger partial charge in [-0.05, 0) is 30.9 Å². The zero-order valence-corrected chi connectivity index (χ0v) is 11.2. The van der Waals surface area contributed by atoms with Crippen molar-refractivity contribution in [3.8, 4) is 0 Å². The van der Waals surface area contributed by atoms with Crippen LogP contribution in [0.5, 0.6) is 0 Å². The lowest BCUT2D eigenvalue weighted by atomic mass is 9.67. The molecule has 102 valence electrons. The van der Waals surface area contributed by atoms with Gasteiger partial charge in [-0.25, -0.2) is 0 Å². The van der Waals surface area contributed by atoms with Gasteiger partial charge in [-0.15, -0.1) is 0 Å². The van der Waals surface area contributed by atoms with E-state index in [-0.39, 0.29) is 11.8 Å². The van der Waals surface area contributed by atoms with Crippen LogP contribution >= 0.6 is 0 Å². The van der Waals surface area contributed by atoms with Gasteiger partial charge in [0, 0.05) is 25.6 Å². The summed E-state index contributed by atoms with van der Waals surface area (Å²) >= 11 is 0. The molecule has 0 unspecified atom stereocenters. The highest BCUT2D eigenvalue weighted by molar-refractivity contribution is 5.83. The van der Waals surface area contributed by atoms with E-state index in [0.717, 1.165) is 18.6 Å². The van der Waals surface area contributed by atoms with E-state index in [2.05, 4.69) is 11.0 Å². The summed E-state index contributed by atoms with van der Waals surface area (Å²) < 4.78 is 11.1. The highest BCUT2D eigenvalue weighted by atomic mass is 16.7. The first kappa shape index (κ1) is 11.5. The lowest BCUT2D eigenvalue weighted by Crippen LogP contribution is -2.54. The predicted molar refractivity (Wildman–Crippen MR) is 69.1 cm³/mol. The molecule has 1 amide bonds. The van der Waals surface area contributed by atoms with Crippen LogP contribution in [-0.4, -0.2) is 36.3 Å². The Balaban J connectivity index is 1.84. The average Bonchev–Trinajstić information content (AvgIpc) is 2.96. The summed E-state index contributed by atoms with van der Waals surface area (Å²) in [6.45, 7) is 0.693. The van der Waals surface area contributed by atoms with Gasteiger partial charge in [0.2, 0.25) is 12.2 Å². The lowest BCUT2D eigenvalue weighted by Gasteiger charge is -2.47. The summed E-state index contributed by atoms with van der Waals surface area (Å²) in [5.74, 6) is 1.72. The normalized spacial score (nSPS) is 40.1. The van der Waals surface area contributed by atoms with Gasteiger partial charge in [-0.3, -0.25) is 4.79 Å². The van der Waals surface area contributed by atoms with Crippen LogP contribution in [0.3, 0.4) is 0 Å². The van der Waals surface area contributed by atoms with E-state index in [1.54, 1.807) is 7.11 Å². The van der Waals surface area contributed by atoms with Crippen molar-refractivity contribution in [1.29, 1.82) is 0 Å². The van der Waals surface area contributed by atoms with Gasteiger partial charge in [0.1, 0.15) is 5.76 Å². The molecule has 0 aromatic heterocycles. The largest absolute Gasteiger partial charge is 0.461 e. The Labute approximate surface area is 113 Å². The van der Waals surface area contributed by atoms with Crippen molar-refractivity contribution in [2.45, 2.75) is 43.9 Å². The van der Waals surface area contributed by atoms with Gasteiger partial charge in [0.05, 0.1) is 5.54 Å². The molecule has 4 aliphatic rings. The highest BCUT2D eigenvalue weighted by Gasteiger charge is 2.58. The minimum atomic E-state index is -0.283. The van der Waals surface area contributed by atoms with E-state index in [4.69, 9.17) is 9.47 Å². The minimum Gasteiger partial charge on any atom is -0.461 e. The first-order chi connectivity index (χ1) is 9.25. The summed E-state index contributed by atoms with van der Waals surface area (Å²) in [4.78, 5) is 14.4. The van der Waals surface area contributed by atoms with E-state index in [1.807, 2.05) is 6.08 Å².